The normalized spacial score (nSPS) is 22.9. The van der Waals surface area contributed by atoms with Crippen LogP contribution in [0.5, 0.6) is 0 Å². The summed E-state index contributed by atoms with van der Waals surface area (Å²) in [4.78, 5) is 29.5. The van der Waals surface area contributed by atoms with Crippen molar-refractivity contribution in [1.82, 2.24) is 9.80 Å². The van der Waals surface area contributed by atoms with E-state index >= 15 is 0 Å². The van der Waals surface area contributed by atoms with Crippen LogP contribution >= 0.6 is 27.7 Å². The Morgan fingerprint density at radius 1 is 1.08 bits per heavy atom. The number of likely N-dealkylation sites (tertiary alicyclic amines) is 1. The molecule has 1 spiro atoms. The van der Waals surface area contributed by atoms with E-state index in [9.17, 15) is 9.59 Å². The van der Waals surface area contributed by atoms with Crippen LogP contribution < -0.4 is 0 Å². The van der Waals surface area contributed by atoms with Crippen LogP contribution in [0.25, 0.3) is 0 Å². The van der Waals surface area contributed by atoms with Crippen LogP contribution in [0.2, 0.25) is 0 Å². The molecule has 0 radical (unpaired) electrons. The summed E-state index contributed by atoms with van der Waals surface area (Å²) in [6.07, 6.45) is 5.09. The van der Waals surface area contributed by atoms with E-state index in [1.54, 1.807) is 0 Å². The number of carbonyl (C=O) groups excluding carboxylic acids is 2. The highest BCUT2D eigenvalue weighted by atomic mass is 79.9. The monoisotopic (exact) mass is 422 g/mol. The molecule has 1 aromatic carbocycles. The molecular weight excluding hydrogens is 400 g/mol. The molecule has 0 bridgehead atoms. The first-order valence-corrected chi connectivity index (χ1v) is 10.9. The minimum atomic E-state index is -0.124. The van der Waals surface area contributed by atoms with Crippen LogP contribution in [0.3, 0.4) is 0 Å². The Morgan fingerprint density at radius 2 is 1.76 bits per heavy atom. The van der Waals surface area contributed by atoms with Gasteiger partial charge in [-0.25, -0.2) is 0 Å². The number of amides is 2. The Kier molecular flexibility index (Phi) is 4.84. The largest absolute Gasteiger partial charge is 0.342 e. The van der Waals surface area contributed by atoms with Crippen LogP contribution in [-0.4, -0.2) is 51.9 Å². The van der Waals surface area contributed by atoms with Gasteiger partial charge < -0.3 is 9.80 Å². The number of carbonyl (C=O) groups is 2. The number of benzene rings is 1. The maximum Gasteiger partial charge on any atom is 0.254 e. The van der Waals surface area contributed by atoms with Gasteiger partial charge in [-0.15, -0.1) is 11.8 Å². The fourth-order valence-electron chi connectivity index (χ4n) is 4.05. The molecule has 0 unspecified atom stereocenters. The van der Waals surface area contributed by atoms with E-state index in [2.05, 4.69) is 20.8 Å². The number of piperidine rings is 1. The average Bonchev–Trinajstić information content (AvgIpc) is 2.97. The molecule has 25 heavy (non-hydrogen) atoms. The third-order valence-corrected chi connectivity index (χ3v) is 7.91. The summed E-state index contributed by atoms with van der Waals surface area (Å²) in [5, 5.41) is 0. The predicted molar refractivity (Wildman–Crippen MR) is 104 cm³/mol. The summed E-state index contributed by atoms with van der Waals surface area (Å²) in [6.45, 7) is 2.37. The third-order valence-electron chi connectivity index (χ3n) is 5.82. The van der Waals surface area contributed by atoms with Crippen LogP contribution in [0.15, 0.2) is 28.7 Å². The minimum absolute atomic E-state index is 0.122. The molecule has 1 aliphatic carbocycles. The maximum atomic E-state index is 13.0. The molecule has 3 aliphatic rings. The van der Waals surface area contributed by atoms with Gasteiger partial charge >= 0.3 is 0 Å². The number of hydrogen-bond donors (Lipinski definition) is 0. The van der Waals surface area contributed by atoms with E-state index in [0.717, 1.165) is 61.1 Å². The number of hydrogen-bond acceptors (Lipinski definition) is 3. The molecule has 0 N–H and O–H groups in total. The topological polar surface area (TPSA) is 40.6 Å². The first kappa shape index (κ1) is 17.4. The van der Waals surface area contributed by atoms with Gasteiger partial charge in [0, 0.05) is 41.3 Å². The highest BCUT2D eigenvalue weighted by molar-refractivity contribution is 9.10. The molecule has 2 heterocycles. The lowest BCUT2D eigenvalue weighted by Gasteiger charge is -2.45. The molecule has 0 atom stereocenters. The molecule has 2 aliphatic heterocycles. The van der Waals surface area contributed by atoms with E-state index in [1.807, 2.05) is 40.9 Å². The van der Waals surface area contributed by atoms with Crippen molar-refractivity contribution in [2.24, 2.45) is 5.92 Å². The van der Waals surface area contributed by atoms with Gasteiger partial charge in [0.25, 0.3) is 5.91 Å². The van der Waals surface area contributed by atoms with Crippen LogP contribution in [-0.2, 0) is 4.79 Å². The molecule has 0 aromatic heterocycles. The molecule has 3 fully saturated rings. The summed E-state index contributed by atoms with van der Waals surface area (Å²) in [5.41, 5.74) is 0.748. The SMILES string of the molecule is O=C(C1CCC1)N1CCC2(CC1)SCCN2C(=O)c1ccc(Br)cc1. The van der Waals surface area contributed by atoms with Crippen molar-refractivity contribution in [3.63, 3.8) is 0 Å². The molecule has 6 heteroatoms. The Bertz CT molecular complexity index is 667. The third kappa shape index (κ3) is 3.23. The van der Waals surface area contributed by atoms with Crippen LogP contribution in [0.1, 0.15) is 42.5 Å². The standard InChI is InChI=1S/C19H23BrN2O2S/c20-16-6-4-15(5-7-16)18(24)22-12-13-25-19(22)8-10-21(11-9-19)17(23)14-2-1-3-14/h4-7,14H,1-3,8-13H2. The average molecular weight is 423 g/mol. The molecule has 1 saturated carbocycles. The molecule has 1 aromatic rings. The van der Waals surface area contributed by atoms with E-state index in [4.69, 9.17) is 0 Å². The molecule has 2 amide bonds. The zero-order valence-electron chi connectivity index (χ0n) is 14.2. The second-order valence-electron chi connectivity index (χ2n) is 7.21. The predicted octanol–water partition coefficient (Wildman–Crippen LogP) is 3.76. The van der Waals surface area contributed by atoms with E-state index in [-0.39, 0.29) is 16.7 Å². The number of halogens is 1. The highest BCUT2D eigenvalue weighted by Gasteiger charge is 2.47. The fraction of sp³-hybridized carbons (Fsp3) is 0.579. The summed E-state index contributed by atoms with van der Waals surface area (Å²) in [5.74, 6) is 1.72. The minimum Gasteiger partial charge on any atom is -0.342 e. The Morgan fingerprint density at radius 3 is 2.36 bits per heavy atom. The van der Waals surface area contributed by atoms with Crippen LogP contribution in [0, 0.1) is 5.92 Å². The van der Waals surface area contributed by atoms with Crippen molar-refractivity contribution in [3.8, 4) is 0 Å². The summed E-state index contributed by atoms with van der Waals surface area (Å²) in [6, 6.07) is 7.61. The maximum absolute atomic E-state index is 13.0. The summed E-state index contributed by atoms with van der Waals surface area (Å²) < 4.78 is 0.984. The Balaban J connectivity index is 1.45. The molecule has 4 rings (SSSR count). The first-order chi connectivity index (χ1) is 12.1. The van der Waals surface area contributed by atoms with Crippen molar-refractivity contribution in [2.45, 2.75) is 37.0 Å². The quantitative estimate of drug-likeness (QED) is 0.728. The molecule has 2 saturated heterocycles. The second kappa shape index (κ2) is 6.95. The van der Waals surface area contributed by atoms with Crippen molar-refractivity contribution < 1.29 is 9.59 Å². The van der Waals surface area contributed by atoms with Crippen molar-refractivity contribution >= 4 is 39.5 Å². The lowest BCUT2D eigenvalue weighted by atomic mass is 9.84. The second-order valence-corrected chi connectivity index (χ2v) is 9.58. The molecule has 134 valence electrons. The molecular formula is C19H23BrN2O2S. The van der Waals surface area contributed by atoms with E-state index < -0.39 is 0 Å². The fourth-order valence-corrected chi connectivity index (χ4v) is 5.77. The molecule has 4 nitrogen and oxygen atoms in total. The Labute approximate surface area is 161 Å². The smallest absolute Gasteiger partial charge is 0.254 e. The van der Waals surface area contributed by atoms with Gasteiger partial charge in [-0.05, 0) is 49.9 Å². The Hall–Kier alpha value is -1.01. The zero-order valence-corrected chi connectivity index (χ0v) is 16.7. The van der Waals surface area contributed by atoms with Crippen molar-refractivity contribution in [3.05, 3.63) is 34.3 Å². The van der Waals surface area contributed by atoms with E-state index in [0.29, 0.717) is 5.91 Å². The van der Waals surface area contributed by atoms with Gasteiger partial charge in [0.05, 0.1) is 4.87 Å². The zero-order chi connectivity index (χ0) is 17.4. The van der Waals surface area contributed by atoms with Crippen molar-refractivity contribution in [1.29, 1.82) is 0 Å². The van der Waals surface area contributed by atoms with Gasteiger partial charge in [0.15, 0.2) is 0 Å². The van der Waals surface area contributed by atoms with Crippen LogP contribution in [0.4, 0.5) is 0 Å². The number of thioether (sulfide) groups is 1. The van der Waals surface area contributed by atoms with Gasteiger partial charge in [-0.2, -0.15) is 0 Å². The number of nitrogens with zero attached hydrogens (tertiary/aromatic N) is 2. The van der Waals surface area contributed by atoms with Crippen molar-refractivity contribution in [2.75, 3.05) is 25.4 Å². The number of rotatable bonds is 2. The van der Waals surface area contributed by atoms with Gasteiger partial charge in [-0.3, -0.25) is 9.59 Å². The van der Waals surface area contributed by atoms with Gasteiger partial charge in [0.2, 0.25) is 5.91 Å². The lowest BCUT2D eigenvalue weighted by Crippen LogP contribution is -2.54. The highest BCUT2D eigenvalue weighted by Crippen LogP contribution is 2.45. The van der Waals surface area contributed by atoms with Gasteiger partial charge in [-0.1, -0.05) is 22.4 Å². The lowest BCUT2D eigenvalue weighted by molar-refractivity contribution is -0.139. The first-order valence-electron chi connectivity index (χ1n) is 9.09. The van der Waals surface area contributed by atoms with E-state index in [1.165, 1.54) is 6.42 Å². The summed E-state index contributed by atoms with van der Waals surface area (Å²) >= 11 is 5.32. The summed E-state index contributed by atoms with van der Waals surface area (Å²) in [7, 11) is 0. The van der Waals surface area contributed by atoms with Gasteiger partial charge in [0.1, 0.15) is 0 Å².